The summed E-state index contributed by atoms with van der Waals surface area (Å²) in [5, 5.41) is 3.59. The summed E-state index contributed by atoms with van der Waals surface area (Å²) in [4.78, 5) is 18.3. The van der Waals surface area contributed by atoms with E-state index in [0.29, 0.717) is 27.9 Å². The first-order valence-corrected chi connectivity index (χ1v) is 8.87. The first-order valence-electron chi connectivity index (χ1n) is 8.11. The number of halogens is 2. The fourth-order valence-corrected chi connectivity index (χ4v) is 3.00. The predicted octanol–water partition coefficient (Wildman–Crippen LogP) is 3.41. The molecular formula is C19H17Cl2N3O2. The van der Waals surface area contributed by atoms with Gasteiger partial charge in [-0.25, -0.2) is 4.98 Å². The van der Waals surface area contributed by atoms with Crippen LogP contribution in [0.1, 0.15) is 16.8 Å². The number of rotatable bonds is 5. The van der Waals surface area contributed by atoms with E-state index in [1.807, 2.05) is 6.07 Å². The van der Waals surface area contributed by atoms with Gasteiger partial charge in [-0.05, 0) is 24.3 Å². The summed E-state index contributed by atoms with van der Waals surface area (Å²) in [5.41, 5.74) is 0.479. The Morgan fingerprint density at radius 3 is 2.88 bits per heavy atom. The highest BCUT2D eigenvalue weighted by atomic mass is 35.5. The van der Waals surface area contributed by atoms with Crippen LogP contribution in [0, 0.1) is 12.3 Å². The zero-order valence-corrected chi connectivity index (χ0v) is 15.4. The van der Waals surface area contributed by atoms with Crippen LogP contribution in [-0.4, -0.2) is 36.6 Å². The third kappa shape index (κ3) is 4.40. The highest BCUT2D eigenvalue weighted by molar-refractivity contribution is 6.42. The number of carbonyl (C=O) groups excluding carboxylic acids is 1. The Kier molecular flexibility index (Phi) is 5.87. The van der Waals surface area contributed by atoms with Gasteiger partial charge in [0.05, 0.1) is 28.7 Å². The highest BCUT2D eigenvalue weighted by Gasteiger charge is 2.25. The molecule has 1 aromatic carbocycles. The molecule has 2 aromatic rings. The third-order valence-corrected chi connectivity index (χ3v) is 4.76. The van der Waals surface area contributed by atoms with Crippen LogP contribution in [0.25, 0.3) is 0 Å². The Bertz CT molecular complexity index is 834. The smallest absolute Gasteiger partial charge is 0.253 e. The van der Waals surface area contributed by atoms with Gasteiger partial charge in [0, 0.05) is 25.2 Å². The number of pyridine rings is 1. The van der Waals surface area contributed by atoms with Crippen molar-refractivity contribution in [3.63, 3.8) is 0 Å². The monoisotopic (exact) mass is 389 g/mol. The predicted molar refractivity (Wildman–Crippen MR) is 103 cm³/mol. The van der Waals surface area contributed by atoms with E-state index in [0.717, 1.165) is 18.8 Å². The molecule has 134 valence electrons. The van der Waals surface area contributed by atoms with Gasteiger partial charge in [0.25, 0.3) is 5.91 Å². The first kappa shape index (κ1) is 18.4. The number of terminal acetylenes is 1. The van der Waals surface area contributed by atoms with Crippen molar-refractivity contribution in [3.05, 3.63) is 52.1 Å². The van der Waals surface area contributed by atoms with E-state index >= 15 is 0 Å². The van der Waals surface area contributed by atoms with Gasteiger partial charge >= 0.3 is 0 Å². The second-order valence-corrected chi connectivity index (χ2v) is 6.66. The van der Waals surface area contributed by atoms with Crippen molar-refractivity contribution in [2.24, 2.45) is 0 Å². The van der Waals surface area contributed by atoms with Crippen LogP contribution in [0.4, 0.5) is 5.82 Å². The Hall–Kier alpha value is -2.42. The highest BCUT2D eigenvalue weighted by Crippen LogP contribution is 2.28. The maximum Gasteiger partial charge on any atom is 0.253 e. The fraction of sp³-hybridized carbons (Fsp3) is 0.263. The van der Waals surface area contributed by atoms with Crippen molar-refractivity contribution < 1.29 is 9.53 Å². The van der Waals surface area contributed by atoms with Crippen LogP contribution in [-0.2, 0) is 0 Å². The summed E-state index contributed by atoms with van der Waals surface area (Å²) in [7, 11) is 0. The van der Waals surface area contributed by atoms with Gasteiger partial charge in [0.1, 0.15) is 17.7 Å². The molecule has 0 radical (unpaired) electrons. The number of aromatic nitrogens is 1. The lowest BCUT2D eigenvalue weighted by Gasteiger charge is -2.18. The molecule has 1 atom stereocenters. The quantitative estimate of drug-likeness (QED) is 0.796. The topological polar surface area (TPSA) is 54.5 Å². The van der Waals surface area contributed by atoms with Gasteiger partial charge < -0.3 is 15.0 Å². The van der Waals surface area contributed by atoms with Gasteiger partial charge in [-0.1, -0.05) is 29.1 Å². The molecule has 1 aliphatic heterocycles. The normalized spacial score (nSPS) is 16.2. The molecular weight excluding hydrogens is 373 g/mol. The second-order valence-electron chi connectivity index (χ2n) is 5.84. The molecule has 3 rings (SSSR count). The van der Waals surface area contributed by atoms with Gasteiger partial charge in [0.15, 0.2) is 0 Å². The average molecular weight is 390 g/mol. The Morgan fingerprint density at radius 1 is 1.35 bits per heavy atom. The zero-order valence-electron chi connectivity index (χ0n) is 13.9. The molecule has 1 aliphatic rings. The summed E-state index contributed by atoms with van der Waals surface area (Å²) in [6, 6.07) is 8.80. The number of anilines is 1. The van der Waals surface area contributed by atoms with Crippen LogP contribution < -0.4 is 15.0 Å². The summed E-state index contributed by atoms with van der Waals surface area (Å²) in [5.74, 6) is 3.63. The Labute approximate surface area is 162 Å². The summed E-state index contributed by atoms with van der Waals surface area (Å²) >= 11 is 11.9. The van der Waals surface area contributed by atoms with E-state index in [1.165, 1.54) is 0 Å². The van der Waals surface area contributed by atoms with E-state index in [4.69, 9.17) is 34.4 Å². The second kappa shape index (κ2) is 8.31. The molecule has 1 amide bonds. The minimum Gasteiger partial charge on any atom is -0.488 e. The molecule has 5 nitrogen and oxygen atoms in total. The molecule has 26 heavy (non-hydrogen) atoms. The lowest BCUT2D eigenvalue weighted by molar-refractivity contribution is 0.0958. The summed E-state index contributed by atoms with van der Waals surface area (Å²) in [6.07, 6.45) is 7.58. The summed E-state index contributed by atoms with van der Waals surface area (Å²) in [6.45, 7) is 1.72. The minimum atomic E-state index is -0.232. The number of hydrogen-bond acceptors (Lipinski definition) is 4. The Balaban J connectivity index is 1.59. The van der Waals surface area contributed by atoms with Crippen LogP contribution in [0.15, 0.2) is 36.5 Å². The number of amides is 1. The summed E-state index contributed by atoms with van der Waals surface area (Å²) < 4.78 is 5.97. The van der Waals surface area contributed by atoms with Gasteiger partial charge in [0.2, 0.25) is 0 Å². The number of nitrogens with one attached hydrogen (secondary N) is 1. The SMILES string of the molecule is C#CCNC(=O)c1ccc(N2CCC(Oc3ccc(Cl)c(Cl)c3)C2)nc1. The van der Waals surface area contributed by atoms with Crippen molar-refractivity contribution in [2.45, 2.75) is 12.5 Å². The molecule has 0 bridgehead atoms. The number of benzene rings is 1. The number of carbonyl (C=O) groups is 1. The lowest BCUT2D eigenvalue weighted by Crippen LogP contribution is -2.26. The molecule has 7 heteroatoms. The van der Waals surface area contributed by atoms with E-state index in [2.05, 4.69) is 21.1 Å². The molecule has 1 saturated heterocycles. The number of ether oxygens (including phenoxy) is 1. The average Bonchev–Trinajstić information content (AvgIpc) is 3.11. The molecule has 0 saturated carbocycles. The van der Waals surface area contributed by atoms with Gasteiger partial charge in [-0.15, -0.1) is 6.42 Å². The number of nitrogens with zero attached hydrogens (tertiary/aromatic N) is 2. The van der Waals surface area contributed by atoms with Crippen molar-refractivity contribution in [2.75, 3.05) is 24.5 Å². The van der Waals surface area contributed by atoms with E-state index in [9.17, 15) is 4.79 Å². The number of hydrogen-bond donors (Lipinski definition) is 1. The van der Waals surface area contributed by atoms with Crippen LogP contribution in [0.3, 0.4) is 0 Å². The molecule has 1 unspecified atom stereocenters. The van der Waals surface area contributed by atoms with Crippen molar-refractivity contribution in [1.29, 1.82) is 0 Å². The van der Waals surface area contributed by atoms with Crippen LogP contribution in [0.5, 0.6) is 5.75 Å². The zero-order chi connectivity index (χ0) is 18.5. The Morgan fingerprint density at radius 2 is 2.19 bits per heavy atom. The molecule has 1 aromatic heterocycles. The van der Waals surface area contributed by atoms with Crippen molar-refractivity contribution in [1.82, 2.24) is 10.3 Å². The third-order valence-electron chi connectivity index (χ3n) is 4.02. The molecule has 0 aliphatic carbocycles. The van der Waals surface area contributed by atoms with Crippen LogP contribution in [0.2, 0.25) is 10.0 Å². The van der Waals surface area contributed by atoms with E-state index in [1.54, 1.807) is 30.5 Å². The molecule has 2 heterocycles. The van der Waals surface area contributed by atoms with E-state index in [-0.39, 0.29) is 18.6 Å². The van der Waals surface area contributed by atoms with Gasteiger partial charge in [-0.3, -0.25) is 4.79 Å². The van der Waals surface area contributed by atoms with Crippen molar-refractivity contribution in [3.8, 4) is 18.1 Å². The van der Waals surface area contributed by atoms with Gasteiger partial charge in [-0.2, -0.15) is 0 Å². The standard InChI is InChI=1S/C19H17Cl2N3O2/c1-2-8-22-19(25)13-3-6-18(23-11-13)24-9-7-15(12-24)26-14-4-5-16(20)17(21)10-14/h1,3-6,10-11,15H,7-9,12H2,(H,22,25). The molecule has 1 N–H and O–H groups in total. The molecule has 0 spiro atoms. The van der Waals surface area contributed by atoms with E-state index < -0.39 is 0 Å². The maximum absolute atomic E-state index is 11.8. The van der Waals surface area contributed by atoms with Crippen LogP contribution >= 0.6 is 23.2 Å². The lowest BCUT2D eigenvalue weighted by atomic mass is 10.2. The maximum atomic E-state index is 11.8. The first-order chi connectivity index (χ1) is 12.6. The minimum absolute atomic E-state index is 0.0349. The fourth-order valence-electron chi connectivity index (χ4n) is 2.72. The molecule has 1 fully saturated rings. The van der Waals surface area contributed by atoms with Crippen molar-refractivity contribution >= 4 is 34.9 Å². The largest absolute Gasteiger partial charge is 0.488 e.